The number of amides is 1. The maximum Gasteiger partial charge on any atom is 0.266 e. The number of likely N-dealkylation sites (N-methyl/N-ethyl adjacent to an activating group) is 1. The highest BCUT2D eigenvalue weighted by atomic mass is 35.5. The first kappa shape index (κ1) is 18.8. The summed E-state index contributed by atoms with van der Waals surface area (Å²) in [5.74, 6) is 0.564. The van der Waals surface area contributed by atoms with E-state index in [1.54, 1.807) is 48.4 Å². The predicted octanol–water partition coefficient (Wildman–Crippen LogP) is 5.63. The van der Waals surface area contributed by atoms with Gasteiger partial charge in [-0.05, 0) is 67.2 Å². The van der Waals surface area contributed by atoms with E-state index in [4.69, 9.17) is 27.9 Å². The topological polar surface area (TPSA) is 41.9 Å². The molecule has 0 radical (unpaired) electrons. The molecule has 1 amide bonds. The number of hydrogen-bond acceptors (Lipinski definition) is 4. The molecule has 3 rings (SSSR count). The Hall–Kier alpha value is -1.95. The van der Waals surface area contributed by atoms with E-state index in [2.05, 4.69) is 4.99 Å². The van der Waals surface area contributed by atoms with Gasteiger partial charge in [0.15, 0.2) is 5.17 Å². The molecule has 1 fully saturated rings. The summed E-state index contributed by atoms with van der Waals surface area (Å²) < 4.78 is 5.35. The van der Waals surface area contributed by atoms with Gasteiger partial charge in [-0.25, -0.2) is 4.99 Å². The van der Waals surface area contributed by atoms with Crippen LogP contribution in [0.15, 0.2) is 52.4 Å². The lowest BCUT2D eigenvalue weighted by atomic mass is 10.2. The van der Waals surface area contributed by atoms with Crippen molar-refractivity contribution in [3.8, 4) is 5.75 Å². The lowest BCUT2D eigenvalue weighted by molar-refractivity contribution is -0.122. The first-order chi connectivity index (χ1) is 12.5. The van der Waals surface area contributed by atoms with Crippen LogP contribution in [0.1, 0.15) is 12.5 Å². The number of ether oxygens (including phenoxy) is 1. The molecule has 0 aliphatic carbocycles. The monoisotopic (exact) mass is 406 g/mol. The van der Waals surface area contributed by atoms with Gasteiger partial charge in [-0.1, -0.05) is 23.2 Å². The van der Waals surface area contributed by atoms with Crippen LogP contribution in [0.3, 0.4) is 0 Å². The van der Waals surface area contributed by atoms with Crippen LogP contribution >= 0.6 is 35.0 Å². The molecule has 7 heteroatoms. The Bertz CT molecular complexity index is 895. The first-order valence-corrected chi connectivity index (χ1v) is 9.48. The molecule has 1 aliphatic rings. The number of hydrogen-bond donors (Lipinski definition) is 0. The van der Waals surface area contributed by atoms with Crippen molar-refractivity contribution >= 4 is 57.8 Å². The smallest absolute Gasteiger partial charge is 0.266 e. The molecule has 4 nitrogen and oxygen atoms in total. The molecule has 0 unspecified atom stereocenters. The molecule has 0 N–H and O–H groups in total. The molecular weight excluding hydrogens is 391 g/mol. The van der Waals surface area contributed by atoms with Crippen molar-refractivity contribution < 1.29 is 9.53 Å². The molecule has 134 valence electrons. The third kappa shape index (κ3) is 4.06. The number of methoxy groups -OCH3 is 1. The fourth-order valence-electron chi connectivity index (χ4n) is 2.46. The van der Waals surface area contributed by atoms with Gasteiger partial charge >= 0.3 is 0 Å². The van der Waals surface area contributed by atoms with E-state index >= 15 is 0 Å². The lowest BCUT2D eigenvalue weighted by Gasteiger charge is -2.12. The van der Waals surface area contributed by atoms with Crippen LogP contribution in [0.4, 0.5) is 5.69 Å². The second kappa shape index (κ2) is 8.16. The third-order valence-electron chi connectivity index (χ3n) is 3.73. The van der Waals surface area contributed by atoms with Gasteiger partial charge in [-0.2, -0.15) is 0 Å². The Balaban J connectivity index is 1.97. The van der Waals surface area contributed by atoms with E-state index in [-0.39, 0.29) is 5.91 Å². The van der Waals surface area contributed by atoms with Gasteiger partial charge in [0.05, 0.1) is 17.7 Å². The van der Waals surface area contributed by atoms with Crippen molar-refractivity contribution in [1.82, 2.24) is 4.90 Å². The van der Waals surface area contributed by atoms with Gasteiger partial charge in [-0.15, -0.1) is 0 Å². The number of halogens is 2. The summed E-state index contributed by atoms with van der Waals surface area (Å²) in [6, 6.07) is 12.5. The van der Waals surface area contributed by atoms with Gasteiger partial charge in [0.25, 0.3) is 5.91 Å². The zero-order valence-electron chi connectivity index (χ0n) is 14.2. The molecule has 0 atom stereocenters. The maximum atomic E-state index is 12.7. The van der Waals surface area contributed by atoms with Gasteiger partial charge in [0, 0.05) is 22.2 Å². The predicted molar refractivity (Wildman–Crippen MR) is 110 cm³/mol. The van der Waals surface area contributed by atoms with Crippen molar-refractivity contribution in [1.29, 1.82) is 0 Å². The molecule has 0 spiro atoms. The molecule has 1 heterocycles. The number of aliphatic imine (C=N–C) groups is 1. The van der Waals surface area contributed by atoms with Gasteiger partial charge in [-0.3, -0.25) is 9.69 Å². The number of carbonyl (C=O) groups excluding carboxylic acids is 1. The molecule has 0 aromatic heterocycles. The van der Waals surface area contributed by atoms with Gasteiger partial charge < -0.3 is 4.74 Å². The van der Waals surface area contributed by atoms with Gasteiger partial charge in [0.2, 0.25) is 0 Å². The quantitative estimate of drug-likeness (QED) is 0.618. The Morgan fingerprint density at radius 1 is 1.15 bits per heavy atom. The SMILES string of the molecule is CCN1C(=O)/C(=C\c2cc(Cl)ccc2OC)SC1=Nc1ccc(Cl)cc1. The number of nitrogens with zero attached hydrogens (tertiary/aromatic N) is 2. The summed E-state index contributed by atoms with van der Waals surface area (Å²) >= 11 is 13.3. The molecule has 2 aromatic rings. The summed E-state index contributed by atoms with van der Waals surface area (Å²) in [5.41, 5.74) is 1.49. The van der Waals surface area contributed by atoms with Crippen LogP contribution in [0, 0.1) is 0 Å². The van der Waals surface area contributed by atoms with Crippen LogP contribution < -0.4 is 4.74 Å². The van der Waals surface area contributed by atoms with E-state index in [9.17, 15) is 4.79 Å². The fraction of sp³-hybridized carbons (Fsp3) is 0.158. The number of amidine groups is 1. The highest BCUT2D eigenvalue weighted by Crippen LogP contribution is 2.36. The molecule has 0 bridgehead atoms. The van der Waals surface area contributed by atoms with Crippen molar-refractivity contribution in [3.63, 3.8) is 0 Å². The van der Waals surface area contributed by atoms with Crippen LogP contribution in [0.5, 0.6) is 5.75 Å². The maximum absolute atomic E-state index is 12.7. The first-order valence-electron chi connectivity index (χ1n) is 7.91. The minimum Gasteiger partial charge on any atom is -0.496 e. The van der Waals surface area contributed by atoms with Crippen LogP contribution in [-0.2, 0) is 4.79 Å². The summed E-state index contributed by atoms with van der Waals surface area (Å²) in [6.45, 7) is 2.45. The molecule has 1 aliphatic heterocycles. The zero-order chi connectivity index (χ0) is 18.7. The van der Waals surface area contributed by atoms with Crippen molar-refractivity contribution in [2.45, 2.75) is 6.92 Å². The highest BCUT2D eigenvalue weighted by Gasteiger charge is 2.32. The molecule has 1 saturated heterocycles. The van der Waals surface area contributed by atoms with Crippen molar-refractivity contribution in [2.24, 2.45) is 4.99 Å². The van der Waals surface area contributed by atoms with Crippen LogP contribution in [-0.4, -0.2) is 29.6 Å². The van der Waals surface area contributed by atoms with E-state index < -0.39 is 0 Å². The summed E-state index contributed by atoms with van der Waals surface area (Å²) in [4.78, 5) is 19.5. The molecule has 0 saturated carbocycles. The Kier molecular flexibility index (Phi) is 5.91. The minimum atomic E-state index is -0.0905. The summed E-state index contributed by atoms with van der Waals surface area (Å²) in [7, 11) is 1.58. The third-order valence-corrected chi connectivity index (χ3v) is 5.23. The lowest BCUT2D eigenvalue weighted by Crippen LogP contribution is -2.28. The molecular formula is C19H16Cl2N2O2S. The van der Waals surface area contributed by atoms with Crippen LogP contribution in [0.2, 0.25) is 10.0 Å². The van der Waals surface area contributed by atoms with Crippen molar-refractivity contribution in [3.05, 3.63) is 63.0 Å². The summed E-state index contributed by atoms with van der Waals surface area (Å²) in [5, 5.41) is 1.85. The van der Waals surface area contributed by atoms with E-state index in [1.165, 1.54) is 11.8 Å². The fourth-order valence-corrected chi connectivity index (χ4v) is 3.82. The highest BCUT2D eigenvalue weighted by molar-refractivity contribution is 8.18. The second-order valence-corrected chi connectivity index (χ2v) is 7.30. The van der Waals surface area contributed by atoms with Crippen LogP contribution in [0.25, 0.3) is 6.08 Å². The van der Waals surface area contributed by atoms with E-state index in [0.717, 1.165) is 11.3 Å². The number of rotatable bonds is 4. The van der Waals surface area contributed by atoms with E-state index in [1.807, 2.05) is 19.1 Å². The Morgan fingerprint density at radius 3 is 2.50 bits per heavy atom. The molecule has 26 heavy (non-hydrogen) atoms. The number of benzene rings is 2. The van der Waals surface area contributed by atoms with E-state index in [0.29, 0.717) is 32.4 Å². The number of thioether (sulfide) groups is 1. The zero-order valence-corrected chi connectivity index (χ0v) is 16.5. The van der Waals surface area contributed by atoms with Gasteiger partial charge in [0.1, 0.15) is 5.75 Å². The average Bonchev–Trinajstić information content (AvgIpc) is 2.92. The molecule has 2 aromatic carbocycles. The minimum absolute atomic E-state index is 0.0905. The standard InChI is InChI=1S/C19H16Cl2N2O2S/c1-3-23-18(24)17(11-12-10-14(21)6-9-16(12)25-2)26-19(23)22-15-7-4-13(20)5-8-15/h4-11H,3H2,1-2H3/b17-11+,22-19?. The average molecular weight is 407 g/mol. The Labute approximate surface area is 166 Å². The number of carbonyl (C=O) groups is 1. The largest absolute Gasteiger partial charge is 0.496 e. The van der Waals surface area contributed by atoms with Crippen molar-refractivity contribution in [2.75, 3.05) is 13.7 Å². The Morgan fingerprint density at radius 2 is 1.85 bits per heavy atom. The second-order valence-electron chi connectivity index (χ2n) is 5.42. The normalized spacial score (nSPS) is 17.4. The summed E-state index contributed by atoms with van der Waals surface area (Å²) in [6.07, 6.45) is 1.78.